The molecule has 2 unspecified atom stereocenters. The van der Waals surface area contributed by atoms with Gasteiger partial charge < -0.3 is 5.11 Å². The van der Waals surface area contributed by atoms with Crippen molar-refractivity contribution >= 4 is 11.3 Å². The van der Waals surface area contributed by atoms with Crippen molar-refractivity contribution < 1.29 is 5.11 Å². The summed E-state index contributed by atoms with van der Waals surface area (Å²) in [4.78, 5) is 4.24. The van der Waals surface area contributed by atoms with Gasteiger partial charge in [-0.15, -0.1) is 11.3 Å². The first kappa shape index (κ1) is 10.1. The van der Waals surface area contributed by atoms with E-state index in [1.54, 1.807) is 11.3 Å². The van der Waals surface area contributed by atoms with Gasteiger partial charge in [-0.3, -0.25) is 0 Å². The molecule has 0 amide bonds. The molecular weight excluding hydrogens is 194 g/mol. The molecule has 1 saturated carbocycles. The predicted molar refractivity (Wildman–Crippen MR) is 58.4 cm³/mol. The lowest BCUT2D eigenvalue weighted by Gasteiger charge is -2.34. The maximum atomic E-state index is 10.4. The molecule has 2 atom stereocenters. The zero-order valence-corrected chi connectivity index (χ0v) is 9.39. The van der Waals surface area contributed by atoms with Gasteiger partial charge in [0.1, 0.15) is 0 Å². The summed E-state index contributed by atoms with van der Waals surface area (Å²) < 4.78 is 0. The van der Waals surface area contributed by atoms with Gasteiger partial charge in [-0.1, -0.05) is 19.8 Å². The third-order valence-electron chi connectivity index (χ3n) is 3.03. The van der Waals surface area contributed by atoms with E-state index < -0.39 is 5.60 Å². The zero-order valence-electron chi connectivity index (χ0n) is 8.57. The molecule has 0 radical (unpaired) electrons. The predicted octanol–water partition coefficient (Wildman–Crippen LogP) is 2.63. The van der Waals surface area contributed by atoms with Crippen LogP contribution in [0.15, 0.2) is 11.6 Å². The average molecular weight is 211 g/mol. The summed E-state index contributed by atoms with van der Waals surface area (Å²) in [5.41, 5.74) is -0.477. The van der Waals surface area contributed by atoms with E-state index in [0.29, 0.717) is 5.92 Å². The quantitative estimate of drug-likeness (QED) is 0.815. The lowest BCUT2D eigenvalue weighted by Crippen LogP contribution is -2.36. The molecule has 0 spiro atoms. The van der Waals surface area contributed by atoms with Gasteiger partial charge in [-0.05, 0) is 18.8 Å². The van der Waals surface area contributed by atoms with Crippen LogP contribution in [0.1, 0.15) is 37.6 Å². The molecule has 3 heteroatoms. The van der Waals surface area contributed by atoms with Crippen molar-refractivity contribution in [2.75, 3.05) is 0 Å². The molecule has 1 heterocycles. The summed E-state index contributed by atoms with van der Waals surface area (Å²) in [6, 6.07) is 0. The van der Waals surface area contributed by atoms with Crippen LogP contribution in [0, 0.1) is 5.92 Å². The van der Waals surface area contributed by atoms with Crippen molar-refractivity contribution in [2.45, 2.75) is 44.6 Å². The number of thiazole rings is 1. The third kappa shape index (κ3) is 2.34. The lowest BCUT2D eigenvalue weighted by atomic mass is 9.77. The van der Waals surface area contributed by atoms with Gasteiger partial charge in [0.2, 0.25) is 0 Å². The number of rotatable bonds is 2. The largest absolute Gasteiger partial charge is 0.389 e. The van der Waals surface area contributed by atoms with E-state index in [2.05, 4.69) is 11.9 Å². The molecule has 1 aliphatic carbocycles. The Morgan fingerprint density at radius 3 is 3.21 bits per heavy atom. The minimum Gasteiger partial charge on any atom is -0.389 e. The van der Waals surface area contributed by atoms with E-state index in [9.17, 15) is 5.11 Å². The molecule has 0 aromatic carbocycles. The summed E-state index contributed by atoms with van der Waals surface area (Å²) in [6.45, 7) is 2.23. The highest BCUT2D eigenvalue weighted by atomic mass is 32.1. The van der Waals surface area contributed by atoms with Crippen LogP contribution in [0.5, 0.6) is 0 Å². The number of aliphatic hydroxyl groups is 1. The molecular formula is C11H17NOS. The number of hydrogen-bond donors (Lipinski definition) is 1. The van der Waals surface area contributed by atoms with Gasteiger partial charge >= 0.3 is 0 Å². The topological polar surface area (TPSA) is 33.1 Å². The Morgan fingerprint density at radius 2 is 2.57 bits per heavy atom. The van der Waals surface area contributed by atoms with E-state index in [1.165, 1.54) is 6.42 Å². The van der Waals surface area contributed by atoms with Crippen LogP contribution in [-0.4, -0.2) is 15.7 Å². The Labute approximate surface area is 89.0 Å². The molecule has 0 aliphatic heterocycles. The monoisotopic (exact) mass is 211 g/mol. The molecule has 1 aliphatic rings. The summed E-state index contributed by atoms with van der Waals surface area (Å²) in [7, 11) is 0. The van der Waals surface area contributed by atoms with Crippen LogP contribution in [0.3, 0.4) is 0 Å². The minimum atomic E-state index is -0.477. The first-order valence-corrected chi connectivity index (χ1v) is 6.17. The minimum absolute atomic E-state index is 0.477. The Morgan fingerprint density at radius 1 is 1.71 bits per heavy atom. The summed E-state index contributed by atoms with van der Waals surface area (Å²) >= 11 is 1.65. The molecule has 2 nitrogen and oxygen atoms in total. The lowest BCUT2D eigenvalue weighted by molar-refractivity contribution is -0.0124. The molecule has 14 heavy (non-hydrogen) atoms. The van der Waals surface area contributed by atoms with Crippen molar-refractivity contribution in [3.8, 4) is 0 Å². The molecule has 1 fully saturated rings. The molecule has 1 aromatic heterocycles. The smallest absolute Gasteiger partial charge is 0.0953 e. The highest BCUT2D eigenvalue weighted by molar-refractivity contribution is 7.09. The molecule has 2 rings (SSSR count). The molecule has 0 saturated heterocycles. The van der Waals surface area contributed by atoms with Gasteiger partial charge in [0.15, 0.2) is 0 Å². The summed E-state index contributed by atoms with van der Waals surface area (Å²) in [5.74, 6) is 0.661. The second kappa shape index (κ2) is 3.99. The van der Waals surface area contributed by atoms with Crippen LogP contribution in [-0.2, 0) is 6.42 Å². The number of nitrogens with zero attached hydrogens (tertiary/aromatic N) is 1. The fourth-order valence-corrected chi connectivity index (χ4v) is 3.17. The van der Waals surface area contributed by atoms with Gasteiger partial charge in [0.05, 0.1) is 10.6 Å². The maximum Gasteiger partial charge on any atom is 0.0953 e. The van der Waals surface area contributed by atoms with Crippen LogP contribution < -0.4 is 0 Å². The Hall–Kier alpha value is -0.410. The second-order valence-corrected chi connectivity index (χ2v) is 5.51. The maximum absolute atomic E-state index is 10.4. The van der Waals surface area contributed by atoms with Crippen LogP contribution >= 0.6 is 11.3 Å². The van der Waals surface area contributed by atoms with Crippen LogP contribution in [0.25, 0.3) is 0 Å². The van der Waals surface area contributed by atoms with Crippen molar-refractivity contribution in [1.82, 2.24) is 4.98 Å². The summed E-state index contributed by atoms with van der Waals surface area (Å²) in [5, 5.41) is 13.4. The number of hydrogen-bond acceptors (Lipinski definition) is 3. The van der Waals surface area contributed by atoms with Crippen molar-refractivity contribution in [1.29, 1.82) is 0 Å². The van der Waals surface area contributed by atoms with Crippen molar-refractivity contribution in [2.24, 2.45) is 5.92 Å². The highest BCUT2D eigenvalue weighted by Gasteiger charge is 2.33. The Bertz CT molecular complexity index is 285. The van der Waals surface area contributed by atoms with E-state index in [0.717, 1.165) is 30.7 Å². The van der Waals surface area contributed by atoms with Gasteiger partial charge in [0, 0.05) is 18.0 Å². The fourth-order valence-electron chi connectivity index (χ4n) is 2.41. The number of aromatic nitrogens is 1. The molecule has 78 valence electrons. The van der Waals surface area contributed by atoms with E-state index in [1.807, 2.05) is 11.6 Å². The Balaban J connectivity index is 2.01. The molecule has 1 aromatic rings. The van der Waals surface area contributed by atoms with Gasteiger partial charge in [-0.25, -0.2) is 4.98 Å². The van der Waals surface area contributed by atoms with E-state index >= 15 is 0 Å². The zero-order chi connectivity index (χ0) is 10.0. The Kier molecular flexibility index (Phi) is 2.88. The van der Waals surface area contributed by atoms with E-state index in [-0.39, 0.29) is 0 Å². The fraction of sp³-hybridized carbons (Fsp3) is 0.727. The van der Waals surface area contributed by atoms with Crippen molar-refractivity contribution in [3.63, 3.8) is 0 Å². The first-order chi connectivity index (χ1) is 6.68. The first-order valence-electron chi connectivity index (χ1n) is 5.29. The molecule has 0 bridgehead atoms. The van der Waals surface area contributed by atoms with Gasteiger partial charge in [-0.2, -0.15) is 0 Å². The van der Waals surface area contributed by atoms with Crippen LogP contribution in [0.4, 0.5) is 0 Å². The summed E-state index contributed by atoms with van der Waals surface area (Å²) in [6.07, 6.45) is 6.86. The van der Waals surface area contributed by atoms with E-state index in [4.69, 9.17) is 0 Å². The van der Waals surface area contributed by atoms with Crippen LogP contribution in [0.2, 0.25) is 0 Å². The molecule has 1 N–H and O–H groups in total. The average Bonchev–Trinajstić information content (AvgIpc) is 2.55. The third-order valence-corrected chi connectivity index (χ3v) is 3.81. The van der Waals surface area contributed by atoms with Crippen molar-refractivity contribution in [3.05, 3.63) is 16.6 Å². The normalized spacial score (nSPS) is 33.1. The SMILES string of the molecule is CC1CCCC(O)(Cc2nccs2)C1. The standard InChI is InChI=1S/C11H17NOS/c1-9-3-2-4-11(13,7-9)8-10-12-5-6-14-10/h5-6,9,13H,2-4,7-8H2,1H3. The second-order valence-electron chi connectivity index (χ2n) is 4.53. The van der Waals surface area contributed by atoms with Gasteiger partial charge in [0.25, 0.3) is 0 Å². The highest BCUT2D eigenvalue weighted by Crippen LogP contribution is 2.34.